The summed E-state index contributed by atoms with van der Waals surface area (Å²) in [4.78, 5) is 20.1. The first kappa shape index (κ1) is 67.4. The summed E-state index contributed by atoms with van der Waals surface area (Å²) in [5.74, 6) is 0.693. The van der Waals surface area contributed by atoms with Crippen LogP contribution in [0, 0.1) is 22.7 Å². The van der Waals surface area contributed by atoms with Crippen molar-refractivity contribution < 1.29 is 0 Å². The molecule has 544 valence electrons. The zero-order chi connectivity index (χ0) is 78.1. The van der Waals surface area contributed by atoms with Gasteiger partial charge in [-0.1, -0.05) is 243 Å². The third-order valence-electron chi connectivity index (χ3n) is 24.1. The van der Waals surface area contributed by atoms with Crippen LogP contribution in [-0.4, -0.2) is 29.1 Å². The van der Waals surface area contributed by atoms with Crippen molar-refractivity contribution in [2.24, 2.45) is 0 Å². The summed E-state index contributed by atoms with van der Waals surface area (Å²) < 4.78 is 4.67. The third kappa shape index (κ3) is 10.7. The van der Waals surface area contributed by atoms with Crippen molar-refractivity contribution >= 4 is 130 Å². The number of benzene rings is 19. The monoisotopic (exact) mass is 1500 g/mol. The summed E-state index contributed by atoms with van der Waals surface area (Å²) in [6.07, 6.45) is 3.70. The Morgan fingerprint density at radius 2 is 0.525 bits per heavy atom. The van der Waals surface area contributed by atoms with Crippen LogP contribution in [0.15, 0.2) is 389 Å². The van der Waals surface area contributed by atoms with Gasteiger partial charge in [0.25, 0.3) is 0 Å². The minimum Gasteiger partial charge on any atom is -0.309 e. The Kier molecular flexibility index (Phi) is 15.6. The molecule has 0 saturated heterocycles. The quantitative estimate of drug-likeness (QED) is 0.126. The minimum absolute atomic E-state index is 0.685. The molecule has 0 fully saturated rings. The molecule has 5 aromatic heterocycles. The second-order valence-electron chi connectivity index (χ2n) is 30.4. The first-order chi connectivity index (χ1) is 58.5. The maximum Gasteiger partial charge on any atom is 0.161 e. The van der Waals surface area contributed by atoms with Crippen LogP contribution in [0.4, 0.5) is 0 Å². The van der Waals surface area contributed by atoms with Gasteiger partial charge in [-0.15, -0.1) is 0 Å². The first-order valence-electron chi connectivity index (χ1n) is 39.8. The lowest BCUT2D eigenvalue weighted by Crippen LogP contribution is -1.97. The smallest absolute Gasteiger partial charge is 0.161 e. The molecule has 0 aliphatic heterocycles. The van der Waals surface area contributed by atoms with Crippen molar-refractivity contribution in [1.82, 2.24) is 29.1 Å². The van der Waals surface area contributed by atoms with E-state index in [0.717, 1.165) is 144 Å². The zero-order valence-corrected chi connectivity index (χ0v) is 63.5. The molecule has 0 unspecified atom stereocenters. The Labute approximate surface area is 677 Å². The maximum absolute atomic E-state index is 10.2. The van der Waals surface area contributed by atoms with Crippen molar-refractivity contribution in [3.8, 4) is 113 Å². The van der Waals surface area contributed by atoms with Gasteiger partial charge in [0.1, 0.15) is 0 Å². The van der Waals surface area contributed by atoms with E-state index in [1.807, 2.05) is 67.0 Å². The van der Waals surface area contributed by atoms with E-state index in [-0.39, 0.29) is 0 Å². The lowest BCUT2D eigenvalue weighted by Gasteiger charge is -2.18. The molecule has 0 aliphatic carbocycles. The molecule has 118 heavy (non-hydrogen) atoms. The highest BCUT2D eigenvalue weighted by molar-refractivity contribution is 6.32. The molecular weight excluding hydrogens is 1430 g/mol. The fourth-order valence-corrected chi connectivity index (χ4v) is 18.9. The molecule has 0 bridgehead atoms. The molecule has 0 atom stereocenters. The van der Waals surface area contributed by atoms with Crippen molar-refractivity contribution in [2.75, 3.05) is 0 Å². The Morgan fingerprint density at radius 3 is 0.924 bits per heavy atom. The van der Waals surface area contributed by atoms with Crippen molar-refractivity contribution in [3.05, 3.63) is 400 Å². The predicted molar refractivity (Wildman–Crippen MR) is 488 cm³/mol. The van der Waals surface area contributed by atoms with Crippen molar-refractivity contribution in [3.63, 3.8) is 0 Å². The number of nitrogens with zero attached hydrogens (tertiary/aromatic N) is 8. The average molecular weight is 1500 g/mol. The Balaban J connectivity index is 0.000000138. The molecule has 8 heteroatoms. The molecule has 0 radical (unpaired) electrons. The number of hydrogen-bond donors (Lipinski definition) is 0. The van der Waals surface area contributed by atoms with Crippen LogP contribution >= 0.6 is 0 Å². The molecule has 0 N–H and O–H groups in total. The summed E-state index contributed by atoms with van der Waals surface area (Å²) in [6, 6.07) is 138. The Bertz CT molecular complexity index is 7690. The largest absolute Gasteiger partial charge is 0.309 e. The Morgan fingerprint density at radius 1 is 0.203 bits per heavy atom. The molecule has 0 amide bonds. The molecular formula is C110H64N8. The van der Waals surface area contributed by atoms with Crippen LogP contribution in [0.1, 0.15) is 11.1 Å². The van der Waals surface area contributed by atoms with Gasteiger partial charge in [0.2, 0.25) is 0 Å². The number of aromatic nitrogens is 6. The van der Waals surface area contributed by atoms with Crippen molar-refractivity contribution in [1.29, 1.82) is 10.5 Å². The van der Waals surface area contributed by atoms with E-state index in [9.17, 15) is 10.5 Å². The number of pyridine rings is 2. The van der Waals surface area contributed by atoms with E-state index in [1.165, 1.54) is 81.3 Å². The topological polar surface area (TPSA) is 109 Å². The molecule has 5 heterocycles. The lowest BCUT2D eigenvalue weighted by molar-refractivity contribution is 1.18. The van der Waals surface area contributed by atoms with E-state index in [2.05, 4.69) is 343 Å². The molecule has 24 rings (SSSR count). The highest BCUT2D eigenvalue weighted by Crippen LogP contribution is 2.51. The molecule has 24 aromatic rings. The van der Waals surface area contributed by atoms with Gasteiger partial charge in [0.15, 0.2) is 5.82 Å². The van der Waals surface area contributed by atoms with Crippen molar-refractivity contribution in [2.45, 2.75) is 0 Å². The van der Waals surface area contributed by atoms with Gasteiger partial charge in [-0.2, -0.15) is 10.5 Å². The van der Waals surface area contributed by atoms with E-state index < -0.39 is 0 Å². The Hall–Kier alpha value is -16.3. The summed E-state index contributed by atoms with van der Waals surface area (Å²) in [5, 5.41) is 43.3. The van der Waals surface area contributed by atoms with Gasteiger partial charge in [-0.3, -0.25) is 9.97 Å². The highest BCUT2D eigenvalue weighted by Gasteiger charge is 2.27. The van der Waals surface area contributed by atoms with Gasteiger partial charge < -0.3 is 9.13 Å². The number of nitriles is 2. The second kappa shape index (κ2) is 27.3. The molecule has 0 aliphatic rings. The van der Waals surface area contributed by atoms with E-state index in [1.54, 1.807) is 0 Å². The van der Waals surface area contributed by atoms with Gasteiger partial charge >= 0.3 is 0 Å². The van der Waals surface area contributed by atoms with E-state index in [4.69, 9.17) is 19.9 Å². The summed E-state index contributed by atoms with van der Waals surface area (Å²) in [6.45, 7) is 0. The van der Waals surface area contributed by atoms with Gasteiger partial charge in [-0.05, 0) is 242 Å². The summed E-state index contributed by atoms with van der Waals surface area (Å²) >= 11 is 0. The van der Waals surface area contributed by atoms with Gasteiger partial charge in [0, 0.05) is 83.9 Å². The number of rotatable bonds is 10. The van der Waals surface area contributed by atoms with Crippen LogP contribution in [-0.2, 0) is 0 Å². The van der Waals surface area contributed by atoms with Crippen LogP contribution in [0.2, 0.25) is 0 Å². The standard InChI is InChI=1S/2C55H32N4/c56-33-36-24-28-51-53-38(36)25-26-44-43(27-29-52(54(44)53)59(51)37-18-8-3-9-19-37)45-30-46-41-22-12-13-23-42(41)48(31-47(46)40-21-11-10-20-39(40)45)55-57-49(34-14-4-1-5-15-34)32-50(58-55)35-16-6-2-7-17-35;56-33-34-20-24-52-54-39(34)21-22-45-44(23-25-53(55(45)54)59(52)38-12-2-1-3-13-38)47-32-49-41-15-5-4-14-40(41)46(31-48(49)43-17-7-6-16-42(43)47)35-28-36(50-18-8-10-26-57-50)30-37(29-35)51-19-9-11-27-58-51/h2*1-32H. The minimum atomic E-state index is 0.685. The number of para-hydroxylation sites is 2. The second-order valence-corrected chi connectivity index (χ2v) is 30.4. The average Bonchev–Trinajstić information content (AvgIpc) is 1.53. The molecule has 8 nitrogen and oxygen atoms in total. The molecule has 19 aromatic carbocycles. The van der Waals surface area contributed by atoms with E-state index >= 15 is 0 Å². The molecule has 0 spiro atoms. The third-order valence-corrected chi connectivity index (χ3v) is 24.1. The lowest BCUT2D eigenvalue weighted by atomic mass is 9.85. The van der Waals surface area contributed by atoms with Gasteiger partial charge in [0.05, 0.1) is 68.1 Å². The summed E-state index contributed by atoms with van der Waals surface area (Å²) in [7, 11) is 0. The maximum atomic E-state index is 10.2. The molecule has 0 saturated carbocycles. The van der Waals surface area contributed by atoms with Crippen LogP contribution < -0.4 is 0 Å². The van der Waals surface area contributed by atoms with Crippen LogP contribution in [0.3, 0.4) is 0 Å². The fraction of sp³-hybridized carbons (Fsp3) is 0. The van der Waals surface area contributed by atoms with E-state index in [0.29, 0.717) is 17.0 Å². The van der Waals surface area contributed by atoms with Crippen LogP contribution in [0.5, 0.6) is 0 Å². The fourth-order valence-electron chi connectivity index (χ4n) is 18.9. The van der Waals surface area contributed by atoms with Gasteiger partial charge in [-0.25, -0.2) is 9.97 Å². The first-order valence-corrected chi connectivity index (χ1v) is 39.8. The number of hydrogen-bond acceptors (Lipinski definition) is 6. The SMILES string of the molecule is N#Cc1ccc2c3c1ccc1c(-c4cc5c6ccccc6c(-c6cc(-c7ccccn7)cc(-c7ccccn7)c6)cc5c5ccccc45)ccc(c13)n2-c1ccccc1.N#Cc1ccc2c3c1ccc1c(-c4cc5c6ccccc6c(-c6nc(-c7ccccc7)cc(-c7ccccc7)n6)cc5c5ccccc45)ccc(c13)n2-c1ccccc1. The normalized spacial score (nSPS) is 11.7. The summed E-state index contributed by atoms with van der Waals surface area (Å²) in [5.41, 5.74) is 23.8. The predicted octanol–water partition coefficient (Wildman–Crippen LogP) is 28.3. The van der Waals surface area contributed by atoms with Crippen LogP contribution in [0.25, 0.3) is 231 Å². The zero-order valence-electron chi connectivity index (χ0n) is 63.5. The number of fused-ring (bicyclic) bond motifs is 10. The highest BCUT2D eigenvalue weighted by atomic mass is 15.0.